The van der Waals surface area contributed by atoms with E-state index in [-0.39, 0.29) is 5.69 Å². The lowest BCUT2D eigenvalue weighted by Gasteiger charge is -2.22. The number of carboxylic acid groups (broad SMARTS) is 1. The van der Waals surface area contributed by atoms with E-state index in [1.54, 1.807) is 12.1 Å². The van der Waals surface area contributed by atoms with Crippen molar-refractivity contribution >= 4 is 11.7 Å². The van der Waals surface area contributed by atoms with Crippen LogP contribution in [-0.2, 0) is 4.74 Å². The smallest absolute Gasteiger partial charge is 0.356 e. The van der Waals surface area contributed by atoms with Crippen molar-refractivity contribution in [2.45, 2.75) is 12.8 Å². The summed E-state index contributed by atoms with van der Waals surface area (Å²) in [6.07, 6.45) is 3.54. The maximum absolute atomic E-state index is 11.0. The number of nitrogens with zero attached hydrogens (tertiary/aromatic N) is 1. The third kappa shape index (κ3) is 3.17. The molecule has 2 rings (SSSR count). The molecule has 5 heteroatoms. The van der Waals surface area contributed by atoms with E-state index in [9.17, 15) is 4.79 Å². The third-order valence-corrected chi connectivity index (χ3v) is 2.93. The first kappa shape index (κ1) is 11.9. The van der Waals surface area contributed by atoms with Gasteiger partial charge in [0.05, 0.1) is 5.69 Å². The van der Waals surface area contributed by atoms with Crippen LogP contribution in [0, 0.1) is 5.92 Å². The molecule has 0 spiro atoms. The number of hydrogen-bond acceptors (Lipinski definition) is 4. The molecular weight excluding hydrogens is 220 g/mol. The lowest BCUT2D eigenvalue weighted by Crippen LogP contribution is -2.23. The highest BCUT2D eigenvalue weighted by atomic mass is 16.5. The number of ether oxygens (including phenoxy) is 1. The number of anilines is 1. The van der Waals surface area contributed by atoms with Crippen LogP contribution in [0.2, 0.25) is 0 Å². The number of carboxylic acids is 1. The summed E-state index contributed by atoms with van der Waals surface area (Å²) in [5, 5.41) is 12.1. The third-order valence-electron chi connectivity index (χ3n) is 2.93. The molecule has 2 N–H and O–H groups in total. The van der Waals surface area contributed by atoms with Crippen LogP contribution in [0.4, 0.5) is 5.69 Å². The maximum atomic E-state index is 11.0. The maximum Gasteiger partial charge on any atom is 0.356 e. The van der Waals surface area contributed by atoms with Crippen molar-refractivity contribution in [2.75, 3.05) is 25.1 Å². The molecule has 1 aromatic heterocycles. The van der Waals surface area contributed by atoms with Crippen molar-refractivity contribution in [3.05, 3.63) is 24.0 Å². The standard InChI is InChI=1S/C12H16N2O3/c15-12(16)11-10(2-1-5-13-11)14-8-9-3-6-17-7-4-9/h1-2,5,9,14H,3-4,6-8H2,(H,15,16). The number of aromatic nitrogens is 1. The second-order valence-corrected chi connectivity index (χ2v) is 4.14. The molecule has 1 aliphatic heterocycles. The van der Waals surface area contributed by atoms with E-state index in [1.807, 2.05) is 0 Å². The average Bonchev–Trinajstić information content (AvgIpc) is 2.38. The van der Waals surface area contributed by atoms with Crippen LogP contribution in [0.15, 0.2) is 18.3 Å². The largest absolute Gasteiger partial charge is 0.476 e. The van der Waals surface area contributed by atoms with Crippen LogP contribution >= 0.6 is 0 Å². The highest BCUT2D eigenvalue weighted by molar-refractivity contribution is 5.91. The molecule has 0 amide bonds. The molecule has 0 radical (unpaired) electrons. The minimum Gasteiger partial charge on any atom is -0.476 e. The summed E-state index contributed by atoms with van der Waals surface area (Å²) in [6.45, 7) is 2.37. The van der Waals surface area contributed by atoms with Gasteiger partial charge in [0.25, 0.3) is 0 Å². The van der Waals surface area contributed by atoms with Gasteiger partial charge >= 0.3 is 5.97 Å². The van der Waals surface area contributed by atoms with Gasteiger partial charge in [-0.2, -0.15) is 0 Å². The molecule has 0 bridgehead atoms. The first-order valence-electron chi connectivity index (χ1n) is 5.77. The molecule has 5 nitrogen and oxygen atoms in total. The van der Waals surface area contributed by atoms with Gasteiger partial charge < -0.3 is 15.2 Å². The highest BCUT2D eigenvalue weighted by Gasteiger charge is 2.15. The van der Waals surface area contributed by atoms with Crippen molar-refractivity contribution < 1.29 is 14.6 Å². The van der Waals surface area contributed by atoms with E-state index in [0.717, 1.165) is 32.6 Å². The molecule has 1 saturated heterocycles. The van der Waals surface area contributed by atoms with Crippen molar-refractivity contribution in [3.8, 4) is 0 Å². The Morgan fingerprint density at radius 2 is 2.29 bits per heavy atom. The summed E-state index contributed by atoms with van der Waals surface area (Å²) >= 11 is 0. The normalized spacial score (nSPS) is 16.7. The molecule has 0 atom stereocenters. The molecule has 0 aromatic carbocycles. The van der Waals surface area contributed by atoms with Gasteiger partial charge in [-0.15, -0.1) is 0 Å². The molecule has 0 aliphatic carbocycles. The van der Waals surface area contributed by atoms with Gasteiger partial charge in [0.15, 0.2) is 5.69 Å². The summed E-state index contributed by atoms with van der Waals surface area (Å²) in [6, 6.07) is 3.48. The fourth-order valence-corrected chi connectivity index (χ4v) is 1.92. The van der Waals surface area contributed by atoms with Gasteiger partial charge in [0, 0.05) is 26.0 Å². The van der Waals surface area contributed by atoms with E-state index in [4.69, 9.17) is 9.84 Å². The topological polar surface area (TPSA) is 71.5 Å². The quantitative estimate of drug-likeness (QED) is 0.831. The zero-order valence-corrected chi connectivity index (χ0v) is 9.56. The lowest BCUT2D eigenvalue weighted by atomic mass is 10.0. The van der Waals surface area contributed by atoms with Crippen LogP contribution in [0.25, 0.3) is 0 Å². The predicted octanol–water partition coefficient (Wildman–Crippen LogP) is 1.62. The Hall–Kier alpha value is -1.62. The van der Waals surface area contributed by atoms with E-state index < -0.39 is 5.97 Å². The minimum atomic E-state index is -1.000. The molecule has 1 aliphatic rings. The number of rotatable bonds is 4. The Balaban J connectivity index is 1.96. The molecule has 0 unspecified atom stereocenters. The Bertz CT molecular complexity index is 389. The van der Waals surface area contributed by atoms with Crippen LogP contribution < -0.4 is 5.32 Å². The van der Waals surface area contributed by atoms with Crippen molar-refractivity contribution in [1.82, 2.24) is 4.98 Å². The summed E-state index contributed by atoms with van der Waals surface area (Å²) < 4.78 is 5.28. The van der Waals surface area contributed by atoms with Gasteiger partial charge in [-0.3, -0.25) is 0 Å². The number of hydrogen-bond donors (Lipinski definition) is 2. The van der Waals surface area contributed by atoms with Crippen molar-refractivity contribution in [3.63, 3.8) is 0 Å². The number of carbonyl (C=O) groups is 1. The SMILES string of the molecule is O=C(O)c1ncccc1NCC1CCOCC1. The van der Waals surface area contributed by atoms with Crippen LogP contribution in [0.5, 0.6) is 0 Å². The second-order valence-electron chi connectivity index (χ2n) is 4.14. The zero-order valence-electron chi connectivity index (χ0n) is 9.56. The Morgan fingerprint density at radius 3 is 3.00 bits per heavy atom. The van der Waals surface area contributed by atoms with E-state index in [0.29, 0.717) is 11.6 Å². The van der Waals surface area contributed by atoms with Gasteiger partial charge in [-0.25, -0.2) is 9.78 Å². The first-order chi connectivity index (χ1) is 8.27. The molecule has 0 saturated carbocycles. The first-order valence-corrected chi connectivity index (χ1v) is 5.77. The number of aromatic carboxylic acids is 1. The van der Waals surface area contributed by atoms with Crippen LogP contribution in [-0.4, -0.2) is 35.8 Å². The highest BCUT2D eigenvalue weighted by Crippen LogP contribution is 2.17. The van der Waals surface area contributed by atoms with Gasteiger partial charge in [0.1, 0.15) is 0 Å². The molecule has 1 fully saturated rings. The minimum absolute atomic E-state index is 0.0829. The molecule has 1 aromatic rings. The van der Waals surface area contributed by atoms with Crippen LogP contribution in [0.3, 0.4) is 0 Å². The Morgan fingerprint density at radius 1 is 1.53 bits per heavy atom. The Kier molecular flexibility index (Phi) is 3.93. The molecule has 92 valence electrons. The summed E-state index contributed by atoms with van der Waals surface area (Å²) in [7, 11) is 0. The zero-order chi connectivity index (χ0) is 12.1. The lowest BCUT2D eigenvalue weighted by molar-refractivity contribution is 0.0685. The van der Waals surface area contributed by atoms with E-state index >= 15 is 0 Å². The van der Waals surface area contributed by atoms with Gasteiger partial charge in [-0.05, 0) is 30.9 Å². The van der Waals surface area contributed by atoms with Crippen molar-refractivity contribution in [1.29, 1.82) is 0 Å². The average molecular weight is 236 g/mol. The van der Waals surface area contributed by atoms with Crippen LogP contribution in [0.1, 0.15) is 23.3 Å². The Labute approximate surface area is 99.8 Å². The summed E-state index contributed by atoms with van der Waals surface area (Å²) in [4.78, 5) is 14.8. The van der Waals surface area contributed by atoms with Crippen molar-refractivity contribution in [2.24, 2.45) is 5.92 Å². The van der Waals surface area contributed by atoms with Gasteiger partial charge in [0.2, 0.25) is 0 Å². The van der Waals surface area contributed by atoms with Gasteiger partial charge in [-0.1, -0.05) is 0 Å². The number of pyridine rings is 1. The summed E-state index contributed by atoms with van der Waals surface area (Å²) in [5.41, 5.74) is 0.672. The predicted molar refractivity (Wildman–Crippen MR) is 63.2 cm³/mol. The summed E-state index contributed by atoms with van der Waals surface area (Å²) in [5.74, 6) is -0.453. The number of nitrogens with one attached hydrogen (secondary N) is 1. The monoisotopic (exact) mass is 236 g/mol. The second kappa shape index (κ2) is 5.63. The van der Waals surface area contributed by atoms with E-state index in [2.05, 4.69) is 10.3 Å². The fraction of sp³-hybridized carbons (Fsp3) is 0.500. The van der Waals surface area contributed by atoms with E-state index in [1.165, 1.54) is 6.20 Å². The molecular formula is C12H16N2O3. The molecule has 17 heavy (non-hydrogen) atoms. The molecule has 2 heterocycles. The fourth-order valence-electron chi connectivity index (χ4n) is 1.92.